The highest BCUT2D eigenvalue weighted by molar-refractivity contribution is 7.89. The van der Waals surface area contributed by atoms with Gasteiger partial charge in [0.25, 0.3) is 0 Å². The number of aryl methyl sites for hydroxylation is 1. The fraction of sp³-hybridized carbons (Fsp3) is 0.529. The van der Waals surface area contributed by atoms with Crippen molar-refractivity contribution in [3.8, 4) is 0 Å². The van der Waals surface area contributed by atoms with E-state index in [-0.39, 0.29) is 23.1 Å². The van der Waals surface area contributed by atoms with Crippen LogP contribution in [0.1, 0.15) is 18.9 Å². The summed E-state index contributed by atoms with van der Waals surface area (Å²) in [4.78, 5) is 27.7. The lowest BCUT2D eigenvalue weighted by molar-refractivity contribution is -0.139. The molecule has 136 valence electrons. The molecule has 0 bridgehead atoms. The first kappa shape index (κ1) is 18.0. The third kappa shape index (κ3) is 3.33. The Morgan fingerprint density at radius 1 is 1.04 bits per heavy atom. The Hall–Kier alpha value is -1.77. The summed E-state index contributed by atoms with van der Waals surface area (Å²) in [7, 11) is -3.52. The van der Waals surface area contributed by atoms with E-state index in [1.165, 1.54) is 9.21 Å². The minimum atomic E-state index is -3.52. The highest BCUT2D eigenvalue weighted by Crippen LogP contribution is 2.23. The molecule has 2 heterocycles. The smallest absolute Gasteiger partial charge is 0.247 e. The average molecular weight is 365 g/mol. The summed E-state index contributed by atoms with van der Waals surface area (Å²) in [5, 5.41) is 0. The van der Waals surface area contributed by atoms with Gasteiger partial charge in [0.2, 0.25) is 21.8 Å². The van der Waals surface area contributed by atoms with Crippen LogP contribution < -0.4 is 0 Å². The number of hydrogen-bond donors (Lipinski definition) is 0. The highest BCUT2D eigenvalue weighted by Gasteiger charge is 2.42. The Labute approximate surface area is 148 Å². The summed E-state index contributed by atoms with van der Waals surface area (Å²) >= 11 is 0. The van der Waals surface area contributed by atoms with E-state index in [2.05, 4.69) is 0 Å². The molecule has 2 amide bonds. The number of likely N-dealkylation sites (N-methyl/N-ethyl adjacent to an activating group) is 1. The Morgan fingerprint density at radius 3 is 2.16 bits per heavy atom. The second kappa shape index (κ2) is 6.86. The van der Waals surface area contributed by atoms with E-state index in [0.29, 0.717) is 32.7 Å². The van der Waals surface area contributed by atoms with Crippen LogP contribution in [0.15, 0.2) is 29.2 Å². The molecule has 0 radical (unpaired) electrons. The molecule has 0 N–H and O–H groups in total. The molecule has 1 aromatic carbocycles. The van der Waals surface area contributed by atoms with Gasteiger partial charge in [-0.3, -0.25) is 19.4 Å². The van der Waals surface area contributed by atoms with E-state index in [0.717, 1.165) is 5.56 Å². The molecule has 2 saturated heterocycles. The van der Waals surface area contributed by atoms with Crippen LogP contribution in [0.25, 0.3) is 0 Å². The van der Waals surface area contributed by atoms with Crippen molar-refractivity contribution in [2.45, 2.75) is 31.2 Å². The van der Waals surface area contributed by atoms with Gasteiger partial charge >= 0.3 is 0 Å². The number of rotatable bonds is 4. The van der Waals surface area contributed by atoms with E-state index in [9.17, 15) is 18.0 Å². The van der Waals surface area contributed by atoms with Crippen LogP contribution in [0.3, 0.4) is 0 Å². The maximum atomic E-state index is 12.7. The van der Waals surface area contributed by atoms with Gasteiger partial charge < -0.3 is 0 Å². The van der Waals surface area contributed by atoms with Crippen molar-refractivity contribution in [1.29, 1.82) is 0 Å². The minimum absolute atomic E-state index is 0.146. The number of piperazine rings is 1. The summed E-state index contributed by atoms with van der Waals surface area (Å²) in [6.45, 7) is 5.62. The van der Waals surface area contributed by atoms with Crippen molar-refractivity contribution < 1.29 is 18.0 Å². The molecule has 7 nitrogen and oxygen atoms in total. The number of hydrogen-bond acceptors (Lipinski definition) is 5. The lowest BCUT2D eigenvalue weighted by Crippen LogP contribution is -2.53. The minimum Gasteiger partial charge on any atom is -0.289 e. The summed E-state index contributed by atoms with van der Waals surface area (Å²) in [5.41, 5.74) is 1.01. The molecule has 8 heteroatoms. The van der Waals surface area contributed by atoms with Crippen molar-refractivity contribution in [2.75, 3.05) is 32.7 Å². The quantitative estimate of drug-likeness (QED) is 0.724. The van der Waals surface area contributed by atoms with Crippen molar-refractivity contribution in [3.63, 3.8) is 0 Å². The first-order valence-electron chi connectivity index (χ1n) is 8.49. The largest absolute Gasteiger partial charge is 0.289 e. The third-order valence-corrected chi connectivity index (χ3v) is 6.82. The van der Waals surface area contributed by atoms with E-state index in [4.69, 9.17) is 0 Å². The number of sulfonamides is 1. The summed E-state index contributed by atoms with van der Waals surface area (Å²) < 4.78 is 26.9. The van der Waals surface area contributed by atoms with Crippen LogP contribution in [0.4, 0.5) is 0 Å². The number of nitrogens with zero attached hydrogens (tertiary/aromatic N) is 3. The molecule has 25 heavy (non-hydrogen) atoms. The molecule has 0 unspecified atom stereocenters. The Kier molecular flexibility index (Phi) is 4.95. The van der Waals surface area contributed by atoms with Gasteiger partial charge in [-0.05, 0) is 26.0 Å². The van der Waals surface area contributed by atoms with Crippen molar-refractivity contribution in [1.82, 2.24) is 14.1 Å². The molecule has 0 spiro atoms. The molecular formula is C17H23N3O4S. The zero-order valence-electron chi connectivity index (χ0n) is 14.5. The average Bonchev–Trinajstić information content (AvgIpc) is 2.89. The molecule has 1 atom stereocenters. The SMILES string of the molecule is CCN1C(=O)C[C@@H](N2CCN(S(=O)(=O)c3ccc(C)cc3)CC2)C1=O. The fourth-order valence-electron chi connectivity index (χ4n) is 3.40. The lowest BCUT2D eigenvalue weighted by atomic mass is 10.2. The standard InChI is InChI=1S/C17H23N3O4S/c1-3-20-16(21)12-15(17(20)22)18-8-10-19(11-9-18)25(23,24)14-6-4-13(2)5-7-14/h4-7,15H,3,8-12H2,1-2H3/t15-/m1/s1. The Bertz CT molecular complexity index is 768. The topological polar surface area (TPSA) is 78.0 Å². The summed E-state index contributed by atoms with van der Waals surface area (Å²) in [5.74, 6) is -0.311. The normalized spacial score (nSPS) is 23.4. The van der Waals surface area contributed by atoms with Crippen molar-refractivity contribution >= 4 is 21.8 Å². The van der Waals surface area contributed by atoms with E-state index in [1.54, 1.807) is 31.2 Å². The molecular weight excluding hydrogens is 342 g/mol. The van der Waals surface area contributed by atoms with Crippen LogP contribution in [-0.4, -0.2) is 73.1 Å². The monoisotopic (exact) mass is 365 g/mol. The molecule has 2 fully saturated rings. The number of benzene rings is 1. The second-order valence-electron chi connectivity index (χ2n) is 6.45. The van der Waals surface area contributed by atoms with Crippen LogP contribution in [0, 0.1) is 6.92 Å². The third-order valence-electron chi connectivity index (χ3n) is 4.91. The first-order chi connectivity index (χ1) is 11.8. The maximum Gasteiger partial charge on any atom is 0.247 e. The van der Waals surface area contributed by atoms with Gasteiger partial charge in [0.15, 0.2) is 0 Å². The van der Waals surface area contributed by atoms with Crippen molar-refractivity contribution in [2.24, 2.45) is 0 Å². The Morgan fingerprint density at radius 2 is 1.64 bits per heavy atom. The predicted molar refractivity (Wildman–Crippen MR) is 92.3 cm³/mol. The molecule has 0 saturated carbocycles. The van der Waals surface area contributed by atoms with Gasteiger partial charge in [0.1, 0.15) is 0 Å². The van der Waals surface area contributed by atoms with Crippen LogP contribution >= 0.6 is 0 Å². The van der Waals surface area contributed by atoms with Gasteiger partial charge in [0, 0.05) is 32.7 Å². The van der Waals surface area contributed by atoms with Gasteiger partial charge in [-0.2, -0.15) is 4.31 Å². The molecule has 2 aliphatic heterocycles. The number of likely N-dealkylation sites (tertiary alicyclic amines) is 1. The number of amides is 2. The van der Waals surface area contributed by atoms with Crippen LogP contribution in [0.5, 0.6) is 0 Å². The molecule has 2 aliphatic rings. The number of imide groups is 1. The number of carbonyl (C=O) groups is 2. The second-order valence-corrected chi connectivity index (χ2v) is 8.39. The Balaban J connectivity index is 1.67. The van der Waals surface area contributed by atoms with Crippen LogP contribution in [0.2, 0.25) is 0 Å². The van der Waals surface area contributed by atoms with Gasteiger partial charge in [-0.15, -0.1) is 0 Å². The maximum absolute atomic E-state index is 12.7. The molecule has 0 aliphatic carbocycles. The highest BCUT2D eigenvalue weighted by atomic mass is 32.2. The zero-order valence-corrected chi connectivity index (χ0v) is 15.3. The van der Waals surface area contributed by atoms with E-state index >= 15 is 0 Å². The summed E-state index contributed by atoms with van der Waals surface area (Å²) in [6.07, 6.45) is 0.192. The van der Waals surface area contributed by atoms with E-state index < -0.39 is 16.1 Å². The van der Waals surface area contributed by atoms with Gasteiger partial charge in [0.05, 0.1) is 17.4 Å². The zero-order chi connectivity index (χ0) is 18.2. The van der Waals surface area contributed by atoms with Gasteiger partial charge in [-0.25, -0.2) is 8.42 Å². The lowest BCUT2D eigenvalue weighted by Gasteiger charge is -2.36. The van der Waals surface area contributed by atoms with E-state index in [1.807, 2.05) is 11.8 Å². The fourth-order valence-corrected chi connectivity index (χ4v) is 4.82. The van der Waals surface area contributed by atoms with Crippen molar-refractivity contribution in [3.05, 3.63) is 29.8 Å². The predicted octanol–water partition coefficient (Wildman–Crippen LogP) is 0.449. The first-order valence-corrected chi connectivity index (χ1v) is 9.93. The molecule has 3 rings (SSSR count). The van der Waals surface area contributed by atoms with Gasteiger partial charge in [-0.1, -0.05) is 17.7 Å². The molecule has 1 aromatic rings. The van der Waals surface area contributed by atoms with Crippen LogP contribution in [-0.2, 0) is 19.6 Å². The molecule has 0 aromatic heterocycles. The summed E-state index contributed by atoms with van der Waals surface area (Å²) in [6, 6.07) is 6.36. The number of carbonyl (C=O) groups excluding carboxylic acids is 2.